The zero-order chi connectivity index (χ0) is 14.3. The van der Waals surface area contributed by atoms with Crippen molar-refractivity contribution in [1.29, 1.82) is 0 Å². The molecule has 0 heterocycles. The zero-order valence-electron chi connectivity index (χ0n) is 11.7. The van der Waals surface area contributed by atoms with Crippen LogP contribution in [0, 0.1) is 0 Å². The summed E-state index contributed by atoms with van der Waals surface area (Å²) >= 11 is 3.46. The summed E-state index contributed by atoms with van der Waals surface area (Å²) in [5, 5.41) is 12.5. The minimum Gasteiger partial charge on any atom is -0.493 e. The molecule has 1 atom stereocenters. The molecule has 0 spiro atoms. The summed E-state index contributed by atoms with van der Waals surface area (Å²) in [5.74, 6) is 1.49. The van der Waals surface area contributed by atoms with Crippen LogP contribution < -0.4 is 14.8 Å². The molecule has 2 N–H and O–H groups in total. The van der Waals surface area contributed by atoms with Crippen LogP contribution in [0.4, 0.5) is 0 Å². The van der Waals surface area contributed by atoms with E-state index in [0.717, 1.165) is 28.0 Å². The number of aliphatic hydroxyl groups is 1. The van der Waals surface area contributed by atoms with Gasteiger partial charge in [-0.05, 0) is 25.5 Å². The Bertz CT molecular complexity index is 397. The van der Waals surface area contributed by atoms with Gasteiger partial charge in [-0.1, -0.05) is 22.9 Å². The van der Waals surface area contributed by atoms with Gasteiger partial charge >= 0.3 is 0 Å². The topological polar surface area (TPSA) is 50.7 Å². The van der Waals surface area contributed by atoms with E-state index in [0.29, 0.717) is 19.7 Å². The molecular weight excluding hydrogens is 310 g/mol. The van der Waals surface area contributed by atoms with Gasteiger partial charge in [0.1, 0.15) is 0 Å². The largest absolute Gasteiger partial charge is 0.493 e. The van der Waals surface area contributed by atoms with Crippen molar-refractivity contribution in [3.63, 3.8) is 0 Å². The third kappa shape index (κ3) is 5.38. The SMILES string of the molecule is CCCOc1c(CNC[C@@H](C)O)cc(Br)cc1OC. The van der Waals surface area contributed by atoms with Gasteiger partial charge in [-0.15, -0.1) is 0 Å². The Balaban J connectivity index is 2.88. The maximum atomic E-state index is 9.27. The van der Waals surface area contributed by atoms with E-state index >= 15 is 0 Å². The molecule has 5 heteroatoms. The van der Waals surface area contributed by atoms with Gasteiger partial charge in [0.15, 0.2) is 11.5 Å². The predicted octanol–water partition coefficient (Wildman–Crippen LogP) is 2.72. The molecular formula is C14H22BrNO3. The first-order chi connectivity index (χ1) is 9.08. The summed E-state index contributed by atoms with van der Waals surface area (Å²) in [5.41, 5.74) is 1.01. The number of methoxy groups -OCH3 is 1. The average molecular weight is 332 g/mol. The van der Waals surface area contributed by atoms with E-state index in [4.69, 9.17) is 9.47 Å². The van der Waals surface area contributed by atoms with Gasteiger partial charge in [-0.3, -0.25) is 0 Å². The van der Waals surface area contributed by atoms with Crippen LogP contribution >= 0.6 is 15.9 Å². The van der Waals surface area contributed by atoms with E-state index in [9.17, 15) is 5.11 Å². The van der Waals surface area contributed by atoms with Crippen molar-refractivity contribution in [3.05, 3.63) is 22.2 Å². The number of halogens is 1. The van der Waals surface area contributed by atoms with Crippen LogP contribution in [-0.4, -0.2) is 31.5 Å². The van der Waals surface area contributed by atoms with E-state index in [2.05, 4.69) is 28.2 Å². The molecule has 0 aromatic heterocycles. The molecule has 0 amide bonds. The van der Waals surface area contributed by atoms with E-state index in [-0.39, 0.29) is 6.10 Å². The number of rotatable bonds is 8. The standard InChI is InChI=1S/C14H22BrNO3/c1-4-5-19-14-11(9-16-8-10(2)17)6-12(15)7-13(14)18-3/h6-7,10,16-17H,4-5,8-9H2,1-3H3/t10-/m1/s1. The zero-order valence-corrected chi connectivity index (χ0v) is 13.3. The molecule has 0 aliphatic carbocycles. The molecule has 1 aromatic carbocycles. The predicted molar refractivity (Wildman–Crippen MR) is 79.9 cm³/mol. The van der Waals surface area contributed by atoms with Crippen molar-refractivity contribution < 1.29 is 14.6 Å². The Kier molecular flexibility index (Phi) is 7.20. The number of benzene rings is 1. The number of ether oxygens (including phenoxy) is 2. The van der Waals surface area contributed by atoms with Gasteiger partial charge in [-0.2, -0.15) is 0 Å². The molecule has 0 fully saturated rings. The van der Waals surface area contributed by atoms with Crippen LogP contribution in [0.2, 0.25) is 0 Å². The van der Waals surface area contributed by atoms with Crippen molar-refractivity contribution in [2.24, 2.45) is 0 Å². The molecule has 19 heavy (non-hydrogen) atoms. The summed E-state index contributed by atoms with van der Waals surface area (Å²) in [6.45, 7) is 5.64. The van der Waals surface area contributed by atoms with Crippen molar-refractivity contribution in [3.8, 4) is 11.5 Å². The molecule has 0 radical (unpaired) electrons. The van der Waals surface area contributed by atoms with Gasteiger partial charge in [0.25, 0.3) is 0 Å². The highest BCUT2D eigenvalue weighted by molar-refractivity contribution is 9.10. The lowest BCUT2D eigenvalue weighted by atomic mass is 10.1. The lowest BCUT2D eigenvalue weighted by molar-refractivity contribution is 0.190. The normalized spacial score (nSPS) is 12.3. The number of aliphatic hydroxyl groups excluding tert-OH is 1. The van der Waals surface area contributed by atoms with Crippen LogP contribution in [-0.2, 0) is 6.54 Å². The lowest BCUT2D eigenvalue weighted by Gasteiger charge is -2.16. The summed E-state index contributed by atoms with van der Waals surface area (Å²) in [4.78, 5) is 0. The fourth-order valence-corrected chi connectivity index (χ4v) is 2.17. The van der Waals surface area contributed by atoms with Crippen molar-refractivity contribution in [2.75, 3.05) is 20.3 Å². The summed E-state index contributed by atoms with van der Waals surface area (Å²) in [6.07, 6.45) is 0.578. The Labute approximate surface area is 123 Å². The summed E-state index contributed by atoms with van der Waals surface area (Å²) < 4.78 is 12.1. The van der Waals surface area contributed by atoms with Crippen LogP contribution in [0.25, 0.3) is 0 Å². The molecule has 0 aliphatic heterocycles. The third-order valence-corrected chi connectivity index (χ3v) is 2.98. The Morgan fingerprint density at radius 1 is 1.42 bits per heavy atom. The van der Waals surface area contributed by atoms with Crippen LogP contribution in [0.3, 0.4) is 0 Å². The monoisotopic (exact) mass is 331 g/mol. The van der Waals surface area contributed by atoms with E-state index < -0.39 is 0 Å². The molecule has 1 rings (SSSR count). The average Bonchev–Trinajstić information content (AvgIpc) is 2.36. The van der Waals surface area contributed by atoms with Crippen LogP contribution in [0.15, 0.2) is 16.6 Å². The van der Waals surface area contributed by atoms with Crippen molar-refractivity contribution in [1.82, 2.24) is 5.32 Å². The minimum absolute atomic E-state index is 0.367. The molecule has 0 saturated heterocycles. The summed E-state index contributed by atoms with van der Waals surface area (Å²) in [6, 6.07) is 3.89. The fourth-order valence-electron chi connectivity index (χ4n) is 1.69. The molecule has 0 bridgehead atoms. The Hall–Kier alpha value is -0.780. The van der Waals surface area contributed by atoms with E-state index in [1.165, 1.54) is 0 Å². The van der Waals surface area contributed by atoms with Gasteiger partial charge in [0, 0.05) is 23.1 Å². The smallest absolute Gasteiger partial charge is 0.165 e. The first-order valence-electron chi connectivity index (χ1n) is 6.46. The van der Waals surface area contributed by atoms with Gasteiger partial charge < -0.3 is 19.9 Å². The summed E-state index contributed by atoms with van der Waals surface area (Å²) in [7, 11) is 1.63. The van der Waals surface area contributed by atoms with E-state index in [1.807, 2.05) is 12.1 Å². The highest BCUT2D eigenvalue weighted by Gasteiger charge is 2.12. The van der Waals surface area contributed by atoms with Gasteiger partial charge in [-0.25, -0.2) is 0 Å². The maximum absolute atomic E-state index is 9.27. The molecule has 0 unspecified atom stereocenters. The molecule has 0 saturated carbocycles. The second-order valence-corrected chi connectivity index (χ2v) is 5.34. The first-order valence-corrected chi connectivity index (χ1v) is 7.25. The number of hydrogen-bond acceptors (Lipinski definition) is 4. The molecule has 0 aliphatic rings. The first kappa shape index (κ1) is 16.3. The maximum Gasteiger partial charge on any atom is 0.165 e. The number of hydrogen-bond donors (Lipinski definition) is 2. The highest BCUT2D eigenvalue weighted by atomic mass is 79.9. The second-order valence-electron chi connectivity index (χ2n) is 4.42. The lowest BCUT2D eigenvalue weighted by Crippen LogP contribution is -2.24. The van der Waals surface area contributed by atoms with Crippen LogP contribution in [0.1, 0.15) is 25.8 Å². The van der Waals surface area contributed by atoms with Crippen molar-refractivity contribution >= 4 is 15.9 Å². The third-order valence-electron chi connectivity index (χ3n) is 2.52. The van der Waals surface area contributed by atoms with Gasteiger partial charge in [0.05, 0.1) is 19.8 Å². The van der Waals surface area contributed by atoms with Crippen molar-refractivity contribution in [2.45, 2.75) is 32.9 Å². The Morgan fingerprint density at radius 2 is 2.16 bits per heavy atom. The minimum atomic E-state index is -0.367. The molecule has 4 nitrogen and oxygen atoms in total. The highest BCUT2D eigenvalue weighted by Crippen LogP contribution is 2.35. The van der Waals surface area contributed by atoms with Crippen LogP contribution in [0.5, 0.6) is 11.5 Å². The second kappa shape index (κ2) is 8.40. The number of nitrogens with one attached hydrogen (secondary N) is 1. The quantitative estimate of drug-likeness (QED) is 0.769. The molecule has 1 aromatic rings. The fraction of sp³-hybridized carbons (Fsp3) is 0.571. The van der Waals surface area contributed by atoms with E-state index in [1.54, 1.807) is 14.0 Å². The Morgan fingerprint density at radius 3 is 2.74 bits per heavy atom. The molecule has 108 valence electrons. The van der Waals surface area contributed by atoms with Gasteiger partial charge in [0.2, 0.25) is 0 Å².